The van der Waals surface area contributed by atoms with Crippen LogP contribution in [0.15, 0.2) is 18.2 Å². The van der Waals surface area contributed by atoms with Crippen LogP contribution < -0.4 is 21.1 Å². The Hall–Kier alpha value is -2.42. The molecule has 2 aromatic rings. The van der Waals surface area contributed by atoms with Gasteiger partial charge in [-0.15, -0.1) is 0 Å². The third kappa shape index (κ3) is 6.56. The molecule has 160 valence electrons. The fourth-order valence-electron chi connectivity index (χ4n) is 3.25. The maximum absolute atomic E-state index is 9.66. The third-order valence-electron chi connectivity index (χ3n) is 4.77. The normalized spacial score (nSPS) is 12.0. The van der Waals surface area contributed by atoms with E-state index in [0.717, 1.165) is 41.0 Å². The van der Waals surface area contributed by atoms with Gasteiger partial charge < -0.3 is 31.3 Å². The van der Waals surface area contributed by atoms with Gasteiger partial charge in [-0.1, -0.05) is 25.5 Å². The van der Waals surface area contributed by atoms with Crippen molar-refractivity contribution in [2.45, 2.75) is 45.7 Å². The topological polar surface area (TPSA) is 126 Å². The molecule has 0 unspecified atom stereocenters. The Labute approximate surface area is 172 Å². The van der Waals surface area contributed by atoms with Crippen LogP contribution in [0.1, 0.15) is 42.1 Å². The Balaban J connectivity index is 2.30. The van der Waals surface area contributed by atoms with Crippen molar-refractivity contribution < 1.29 is 14.9 Å². The average molecular weight is 404 g/mol. The highest BCUT2D eigenvalue weighted by molar-refractivity contribution is 5.53. The minimum Gasteiger partial charge on any atom is -0.496 e. The van der Waals surface area contributed by atoms with Gasteiger partial charge >= 0.3 is 0 Å². The lowest BCUT2D eigenvalue weighted by atomic mass is 10.0. The van der Waals surface area contributed by atoms with Gasteiger partial charge in [-0.2, -0.15) is 4.98 Å². The number of nitrogens with one attached hydrogen (secondary N) is 2. The van der Waals surface area contributed by atoms with E-state index in [-0.39, 0.29) is 25.2 Å². The number of nitrogens with two attached hydrogens (primary N) is 1. The summed E-state index contributed by atoms with van der Waals surface area (Å²) in [5, 5.41) is 25.1. The zero-order chi connectivity index (χ0) is 21.2. The van der Waals surface area contributed by atoms with Gasteiger partial charge in [0.15, 0.2) is 0 Å². The van der Waals surface area contributed by atoms with Crippen molar-refractivity contribution in [3.8, 4) is 5.75 Å². The molecule has 0 amide bonds. The van der Waals surface area contributed by atoms with Gasteiger partial charge in [0.25, 0.3) is 0 Å². The molecule has 1 aromatic heterocycles. The number of hydrogen-bond donors (Lipinski definition) is 5. The SMILES string of the molecule is CCC[C@@H](CO)Nc1nc(N)nc(C)c1Cc1ccc(CNCCO)cc1OC. The summed E-state index contributed by atoms with van der Waals surface area (Å²) in [5.41, 5.74) is 9.68. The predicted octanol–water partition coefficient (Wildman–Crippen LogP) is 1.62. The smallest absolute Gasteiger partial charge is 0.222 e. The van der Waals surface area contributed by atoms with E-state index in [2.05, 4.69) is 27.5 Å². The lowest BCUT2D eigenvalue weighted by Crippen LogP contribution is -2.25. The standard InChI is InChI=1S/C21H33N5O3/c1-4-5-17(13-28)25-20-18(14(2)24-21(22)26-20)11-16-7-6-15(10-19(16)29-3)12-23-8-9-27/h6-7,10,17,23,27-28H,4-5,8-9,11-13H2,1-3H3,(H3,22,24,25,26)/t17-/m0/s1. The molecule has 1 atom stereocenters. The summed E-state index contributed by atoms with van der Waals surface area (Å²) in [6.45, 7) is 5.32. The summed E-state index contributed by atoms with van der Waals surface area (Å²) in [6, 6.07) is 5.98. The number of ether oxygens (including phenoxy) is 1. The van der Waals surface area contributed by atoms with Gasteiger partial charge in [0.05, 0.1) is 26.4 Å². The van der Waals surface area contributed by atoms with E-state index < -0.39 is 0 Å². The zero-order valence-corrected chi connectivity index (χ0v) is 17.5. The molecule has 6 N–H and O–H groups in total. The lowest BCUT2D eigenvalue weighted by Gasteiger charge is -2.20. The van der Waals surface area contributed by atoms with Crippen molar-refractivity contribution in [3.63, 3.8) is 0 Å². The number of aliphatic hydroxyl groups excluding tert-OH is 2. The van der Waals surface area contributed by atoms with Crippen LogP contribution in [0.2, 0.25) is 0 Å². The molecular weight excluding hydrogens is 370 g/mol. The number of benzene rings is 1. The summed E-state index contributed by atoms with van der Waals surface area (Å²) >= 11 is 0. The van der Waals surface area contributed by atoms with Crippen LogP contribution in [0, 0.1) is 6.92 Å². The number of aryl methyl sites for hydroxylation is 1. The van der Waals surface area contributed by atoms with Crippen LogP contribution in [0.25, 0.3) is 0 Å². The number of hydrogen-bond acceptors (Lipinski definition) is 8. The number of aromatic nitrogens is 2. The molecule has 1 heterocycles. The average Bonchev–Trinajstić information content (AvgIpc) is 2.70. The lowest BCUT2D eigenvalue weighted by molar-refractivity contribution is 0.268. The predicted molar refractivity (Wildman–Crippen MR) is 115 cm³/mol. The highest BCUT2D eigenvalue weighted by Gasteiger charge is 2.17. The van der Waals surface area contributed by atoms with Crippen molar-refractivity contribution in [3.05, 3.63) is 40.6 Å². The number of anilines is 2. The molecule has 2 rings (SSSR count). The molecule has 0 aliphatic rings. The Kier molecular flexibility index (Phi) is 9.11. The molecule has 29 heavy (non-hydrogen) atoms. The van der Waals surface area contributed by atoms with E-state index in [9.17, 15) is 5.11 Å². The van der Waals surface area contributed by atoms with E-state index >= 15 is 0 Å². The first-order valence-electron chi connectivity index (χ1n) is 10.00. The van der Waals surface area contributed by atoms with E-state index in [0.29, 0.717) is 25.3 Å². The third-order valence-corrected chi connectivity index (χ3v) is 4.77. The summed E-state index contributed by atoms with van der Waals surface area (Å²) in [6.07, 6.45) is 2.36. The summed E-state index contributed by atoms with van der Waals surface area (Å²) in [4.78, 5) is 8.72. The minimum absolute atomic E-state index is 0.0229. The van der Waals surface area contributed by atoms with Crippen molar-refractivity contribution in [1.29, 1.82) is 0 Å². The van der Waals surface area contributed by atoms with Crippen molar-refractivity contribution in [2.24, 2.45) is 0 Å². The second-order valence-electron chi connectivity index (χ2n) is 7.03. The van der Waals surface area contributed by atoms with E-state index in [1.165, 1.54) is 0 Å². The number of methoxy groups -OCH3 is 1. The van der Waals surface area contributed by atoms with Crippen LogP contribution >= 0.6 is 0 Å². The van der Waals surface area contributed by atoms with Gasteiger partial charge in [-0.25, -0.2) is 4.98 Å². The van der Waals surface area contributed by atoms with Gasteiger partial charge in [0.2, 0.25) is 5.95 Å². The molecular formula is C21H33N5O3. The number of nitrogen functional groups attached to an aromatic ring is 1. The Morgan fingerprint density at radius 2 is 2.03 bits per heavy atom. The maximum Gasteiger partial charge on any atom is 0.222 e. The highest BCUT2D eigenvalue weighted by atomic mass is 16.5. The van der Waals surface area contributed by atoms with Crippen LogP contribution in [0.4, 0.5) is 11.8 Å². The Bertz CT molecular complexity index is 785. The summed E-state index contributed by atoms with van der Waals surface area (Å²) in [7, 11) is 1.65. The van der Waals surface area contributed by atoms with Crippen molar-refractivity contribution >= 4 is 11.8 Å². The number of nitrogens with zero attached hydrogens (tertiary/aromatic N) is 2. The molecule has 0 spiro atoms. The quantitative estimate of drug-likeness (QED) is 0.339. The summed E-state index contributed by atoms with van der Waals surface area (Å²) < 4.78 is 5.61. The van der Waals surface area contributed by atoms with Crippen LogP contribution in [-0.4, -0.2) is 53.1 Å². The first kappa shape index (κ1) is 22.9. The molecule has 0 radical (unpaired) electrons. The molecule has 0 saturated heterocycles. The second-order valence-corrected chi connectivity index (χ2v) is 7.03. The van der Waals surface area contributed by atoms with Crippen LogP contribution in [0.5, 0.6) is 5.75 Å². The van der Waals surface area contributed by atoms with Gasteiger partial charge in [0, 0.05) is 30.8 Å². The Morgan fingerprint density at radius 1 is 1.24 bits per heavy atom. The van der Waals surface area contributed by atoms with Gasteiger partial charge in [-0.05, 0) is 30.5 Å². The Morgan fingerprint density at radius 3 is 2.69 bits per heavy atom. The van der Waals surface area contributed by atoms with Crippen molar-refractivity contribution in [1.82, 2.24) is 15.3 Å². The first-order valence-corrected chi connectivity index (χ1v) is 10.00. The zero-order valence-electron chi connectivity index (χ0n) is 17.5. The molecule has 0 saturated carbocycles. The number of aliphatic hydroxyl groups is 2. The minimum atomic E-state index is -0.0886. The molecule has 0 aliphatic carbocycles. The molecule has 1 aromatic carbocycles. The monoisotopic (exact) mass is 403 g/mol. The van der Waals surface area contributed by atoms with Crippen molar-refractivity contribution in [2.75, 3.05) is 37.9 Å². The summed E-state index contributed by atoms with van der Waals surface area (Å²) in [5.74, 6) is 1.64. The molecule has 0 aliphatic heterocycles. The molecule has 0 fully saturated rings. The second kappa shape index (κ2) is 11.5. The highest BCUT2D eigenvalue weighted by Crippen LogP contribution is 2.28. The van der Waals surface area contributed by atoms with Gasteiger partial charge in [0.1, 0.15) is 11.6 Å². The fraction of sp³-hybridized carbons (Fsp3) is 0.524. The van der Waals surface area contributed by atoms with E-state index in [1.54, 1.807) is 7.11 Å². The van der Waals surface area contributed by atoms with E-state index in [4.69, 9.17) is 15.6 Å². The number of rotatable bonds is 12. The van der Waals surface area contributed by atoms with Gasteiger partial charge in [-0.3, -0.25) is 0 Å². The molecule has 8 heteroatoms. The maximum atomic E-state index is 9.66. The van der Waals surface area contributed by atoms with E-state index in [1.807, 2.05) is 25.1 Å². The van der Waals surface area contributed by atoms with Crippen LogP contribution in [-0.2, 0) is 13.0 Å². The largest absolute Gasteiger partial charge is 0.496 e. The molecule has 8 nitrogen and oxygen atoms in total. The van der Waals surface area contributed by atoms with Crippen LogP contribution in [0.3, 0.4) is 0 Å². The molecule has 0 bridgehead atoms. The fourth-order valence-corrected chi connectivity index (χ4v) is 3.25. The first-order chi connectivity index (χ1) is 14.0.